The van der Waals surface area contributed by atoms with Gasteiger partial charge in [-0.3, -0.25) is 38.4 Å². The first-order valence-electron chi connectivity index (χ1n) is 29.0. The molecule has 24 nitrogen and oxygen atoms in total. The molecule has 5 aromatic heterocycles. The fourth-order valence-electron chi connectivity index (χ4n) is 11.4. The summed E-state index contributed by atoms with van der Waals surface area (Å²) in [5.41, 5.74) is 12.7. The van der Waals surface area contributed by atoms with Crippen LogP contribution < -0.4 is 21.7 Å². The standard InChI is InChI=1S/C60H73FN14O10S/c1-36(2)53(50-25-37(3)71-85-50)58(80)75-32-44(76)28-60(75,59(62)81)45(39-5-9-41(10-6-39)54-38(4)66-35-86-54)27-51(77)63-13-19-82-21-23-84-24-22-83-20-14-64-52(78)34-72-15-17-73(18-16-72)57(79)42-11-12-47(46(61)26-42)69-55-56-65-31-49(43-29-67-68-30-43)74(56)33-48(70-55)40-7-8-40/h5-6,9-12,25-26,29-31,33,35-36,40,44-45,53,76H,7-8,13-24,27-28,32,34H2,1-4H3,(H2,62,81)(H,63,77)(H,64,78)(H,67,68)(H,69,70)/t44?,45-,53+,60?/m0/s1. The molecule has 26 heteroatoms. The van der Waals surface area contributed by atoms with E-state index in [2.05, 4.69) is 41.3 Å². The minimum absolute atomic E-state index is 0.146. The van der Waals surface area contributed by atoms with E-state index in [1.807, 2.05) is 60.5 Å². The smallest absolute Gasteiger partial charge is 0.254 e. The highest BCUT2D eigenvalue weighted by atomic mass is 32.1. The molecule has 0 spiro atoms. The second kappa shape index (κ2) is 27.6. The molecule has 10 rings (SSSR count). The van der Waals surface area contributed by atoms with E-state index in [9.17, 15) is 29.1 Å². The number of amides is 5. The van der Waals surface area contributed by atoms with Crippen molar-refractivity contribution in [2.45, 2.75) is 82.8 Å². The van der Waals surface area contributed by atoms with E-state index in [0.29, 0.717) is 80.3 Å². The number of benzene rings is 2. The molecule has 86 heavy (non-hydrogen) atoms. The summed E-state index contributed by atoms with van der Waals surface area (Å²) in [6, 6.07) is 13.5. The summed E-state index contributed by atoms with van der Waals surface area (Å²) in [4.78, 5) is 88.5. The van der Waals surface area contributed by atoms with Crippen LogP contribution in [0.4, 0.5) is 15.9 Å². The number of nitrogens with zero attached hydrogens (tertiary/aromatic N) is 9. The third kappa shape index (κ3) is 14.1. The van der Waals surface area contributed by atoms with Gasteiger partial charge in [0, 0.05) is 100 Å². The number of rotatable bonds is 28. The van der Waals surface area contributed by atoms with Crippen LogP contribution in [0.25, 0.3) is 27.3 Å². The first-order valence-corrected chi connectivity index (χ1v) is 29.9. The molecule has 1 saturated carbocycles. The number of nitrogens with two attached hydrogens (primary N) is 1. The van der Waals surface area contributed by atoms with Crippen LogP contribution in [-0.4, -0.2) is 188 Å². The summed E-state index contributed by atoms with van der Waals surface area (Å²) in [7, 11) is 0. The lowest BCUT2D eigenvalue weighted by Crippen LogP contribution is -2.61. The number of hydrogen-bond donors (Lipinski definition) is 6. The van der Waals surface area contributed by atoms with Crippen LogP contribution in [-0.2, 0) is 33.4 Å². The Hall–Kier alpha value is -8.01. The van der Waals surface area contributed by atoms with Crippen molar-refractivity contribution in [3.05, 3.63) is 119 Å². The van der Waals surface area contributed by atoms with Crippen LogP contribution >= 0.6 is 11.3 Å². The SMILES string of the molecule is Cc1cc([C@H](C(=O)N2CC(O)CC2(C(N)=O)[C@@H](CC(=O)NCCOCCOCCOCCNC(=O)CN2CCN(C(=O)c3ccc(Nc4nc(C5CC5)cn5c(-c6cn[nH]c6)cnc45)c(F)c3)CC2)c2ccc(-c3scnc3C)cc2)C(C)C)on1. The number of aromatic amines is 1. The quantitative estimate of drug-likeness (QED) is 0.0349. The summed E-state index contributed by atoms with van der Waals surface area (Å²) in [6.07, 6.45) is 7.76. The van der Waals surface area contributed by atoms with Crippen LogP contribution in [0.2, 0.25) is 0 Å². The fraction of sp³-hybridized carbons (Fsp3) is 0.467. The van der Waals surface area contributed by atoms with Crippen molar-refractivity contribution >= 4 is 58.0 Å². The van der Waals surface area contributed by atoms with Crippen LogP contribution in [0.5, 0.6) is 0 Å². The summed E-state index contributed by atoms with van der Waals surface area (Å²) in [5.74, 6) is -3.77. The topological polar surface area (TPSA) is 303 Å². The Labute approximate surface area is 500 Å². The number of imidazole rings is 1. The molecule has 3 aliphatic rings. The number of fused-ring (bicyclic) bond motifs is 1. The van der Waals surface area contributed by atoms with Gasteiger partial charge in [0.15, 0.2) is 11.5 Å². The number of β-amino-alcohol motifs (C(OH)–C–C–N with tert-alkyl or cyclic N) is 1. The van der Waals surface area contributed by atoms with Gasteiger partial charge in [-0.1, -0.05) is 43.3 Å². The first-order chi connectivity index (χ1) is 41.6. The number of thiazole rings is 1. The van der Waals surface area contributed by atoms with Gasteiger partial charge in [0.2, 0.25) is 23.6 Å². The normalized spacial score (nSPS) is 18.0. The van der Waals surface area contributed by atoms with Gasteiger partial charge in [-0.25, -0.2) is 19.3 Å². The third-order valence-electron chi connectivity index (χ3n) is 16.0. The predicted octanol–water partition coefficient (Wildman–Crippen LogP) is 5.08. The first kappa shape index (κ1) is 61.1. The van der Waals surface area contributed by atoms with Crippen LogP contribution in [0, 0.1) is 25.6 Å². The Morgan fingerprint density at radius 1 is 0.895 bits per heavy atom. The molecular formula is C60H73FN14O10S. The number of aliphatic hydroxyl groups is 1. The van der Waals surface area contributed by atoms with Crippen molar-refractivity contribution in [1.82, 2.24) is 60.0 Å². The maximum Gasteiger partial charge on any atom is 0.254 e. The van der Waals surface area contributed by atoms with Crippen molar-refractivity contribution in [3.63, 3.8) is 0 Å². The number of aryl methyl sites for hydroxylation is 2. The van der Waals surface area contributed by atoms with Gasteiger partial charge >= 0.3 is 0 Å². The predicted molar refractivity (Wildman–Crippen MR) is 316 cm³/mol. The molecule has 1 aliphatic carbocycles. The number of carbonyl (C=O) groups excluding carboxylic acids is 5. The van der Waals surface area contributed by atoms with E-state index in [1.54, 1.807) is 54.1 Å². The van der Waals surface area contributed by atoms with Crippen molar-refractivity contribution in [1.29, 1.82) is 0 Å². The maximum atomic E-state index is 15.7. The van der Waals surface area contributed by atoms with Crippen LogP contribution in [0.15, 0.2) is 83.4 Å². The third-order valence-corrected chi connectivity index (χ3v) is 16.9. The van der Waals surface area contributed by atoms with Gasteiger partial charge in [0.1, 0.15) is 23.0 Å². The van der Waals surface area contributed by atoms with E-state index in [0.717, 1.165) is 45.9 Å². The van der Waals surface area contributed by atoms with Crippen molar-refractivity contribution in [2.24, 2.45) is 11.7 Å². The van der Waals surface area contributed by atoms with Gasteiger partial charge in [0.05, 0.1) is 104 Å². The second-order valence-electron chi connectivity index (χ2n) is 22.4. The van der Waals surface area contributed by atoms with Crippen LogP contribution in [0.1, 0.15) is 96.0 Å². The van der Waals surface area contributed by atoms with Gasteiger partial charge in [-0.2, -0.15) is 5.10 Å². The number of H-pyrrole nitrogens is 1. The van der Waals surface area contributed by atoms with Crippen molar-refractivity contribution < 1.29 is 52.2 Å². The molecule has 7 heterocycles. The van der Waals surface area contributed by atoms with Crippen molar-refractivity contribution in [3.8, 4) is 21.7 Å². The molecule has 4 atom stereocenters. The van der Waals surface area contributed by atoms with Crippen molar-refractivity contribution in [2.75, 3.05) is 97.3 Å². The highest BCUT2D eigenvalue weighted by Crippen LogP contribution is 2.47. The number of aliphatic hydroxyl groups excluding tert-OH is 1. The minimum atomic E-state index is -1.78. The highest BCUT2D eigenvalue weighted by molar-refractivity contribution is 7.13. The highest BCUT2D eigenvalue weighted by Gasteiger charge is 2.59. The number of piperazine rings is 1. The number of carbonyl (C=O) groups is 5. The molecule has 2 aromatic carbocycles. The second-order valence-corrected chi connectivity index (χ2v) is 23.2. The lowest BCUT2D eigenvalue weighted by Gasteiger charge is -2.43. The number of halogens is 1. The molecule has 3 fully saturated rings. The average Bonchev–Trinajstić information content (AvgIpc) is 1.58. The van der Waals surface area contributed by atoms with Crippen LogP contribution in [0.3, 0.4) is 0 Å². The van der Waals surface area contributed by atoms with Gasteiger partial charge in [0.25, 0.3) is 5.91 Å². The van der Waals surface area contributed by atoms with E-state index in [1.165, 1.54) is 22.3 Å². The van der Waals surface area contributed by atoms with E-state index >= 15 is 4.39 Å². The number of primary amides is 1. The minimum Gasteiger partial charge on any atom is -0.391 e. The van der Waals surface area contributed by atoms with E-state index in [-0.39, 0.29) is 87.9 Å². The molecule has 5 amide bonds. The number of likely N-dealkylation sites (tertiary alicyclic amines) is 1. The summed E-state index contributed by atoms with van der Waals surface area (Å²) in [5, 5.41) is 31.0. The zero-order valence-electron chi connectivity index (χ0n) is 48.6. The van der Waals surface area contributed by atoms with E-state index < -0.39 is 47.0 Å². The Bertz CT molecular complexity index is 3490. The lowest BCUT2D eigenvalue weighted by atomic mass is 9.73. The van der Waals surface area contributed by atoms with E-state index in [4.69, 9.17) is 29.5 Å². The Morgan fingerprint density at radius 2 is 1.60 bits per heavy atom. The fourth-order valence-corrected chi connectivity index (χ4v) is 12.2. The van der Waals surface area contributed by atoms with Gasteiger partial charge < -0.3 is 55.3 Å². The molecule has 456 valence electrons. The molecular weight excluding hydrogens is 1130 g/mol. The molecule has 7 aromatic rings. The van der Waals surface area contributed by atoms with Gasteiger partial charge in [-0.15, -0.1) is 11.3 Å². The molecule has 7 N–H and O–H groups in total. The number of anilines is 2. The van der Waals surface area contributed by atoms with Gasteiger partial charge in [-0.05, 0) is 61.9 Å². The molecule has 0 bridgehead atoms. The molecule has 2 aliphatic heterocycles. The zero-order valence-corrected chi connectivity index (χ0v) is 49.4. The molecule has 0 radical (unpaired) electrons. The molecule has 2 unspecified atom stereocenters. The number of nitrogens with one attached hydrogen (secondary N) is 4. The summed E-state index contributed by atoms with van der Waals surface area (Å²) < 4.78 is 40.2. The monoisotopic (exact) mass is 1200 g/mol. The maximum absolute atomic E-state index is 15.7. The Kier molecular flexibility index (Phi) is 19.6. The Balaban J connectivity index is 0.611. The molecule has 2 saturated heterocycles. The largest absolute Gasteiger partial charge is 0.391 e. The number of hydrogen-bond acceptors (Lipinski definition) is 18. The summed E-state index contributed by atoms with van der Waals surface area (Å²) in [6.45, 7) is 11.1. The zero-order chi connectivity index (χ0) is 60.5. The number of ether oxygens (including phenoxy) is 3. The number of aromatic nitrogens is 7. The average molecular weight is 1200 g/mol. The summed E-state index contributed by atoms with van der Waals surface area (Å²) >= 11 is 1.49. The lowest BCUT2D eigenvalue weighted by molar-refractivity contribution is -0.148. The Morgan fingerprint density at radius 3 is 2.22 bits per heavy atom.